The van der Waals surface area contributed by atoms with E-state index in [1.165, 1.54) is 26.4 Å². The second-order valence-electron chi connectivity index (χ2n) is 7.06. The van der Waals surface area contributed by atoms with E-state index in [0.29, 0.717) is 23.9 Å². The molecule has 26 heavy (non-hydrogen) atoms. The highest BCUT2D eigenvalue weighted by Crippen LogP contribution is 2.48. The van der Waals surface area contributed by atoms with Gasteiger partial charge >= 0.3 is 0 Å². The second kappa shape index (κ2) is 7.54. The monoisotopic (exact) mass is 403 g/mol. The number of piperidine rings is 1. The third-order valence-electron chi connectivity index (χ3n) is 5.74. The van der Waals surface area contributed by atoms with Gasteiger partial charge in [-0.05, 0) is 25.7 Å². The summed E-state index contributed by atoms with van der Waals surface area (Å²) in [6.07, 6.45) is 5.00. The van der Waals surface area contributed by atoms with Crippen LogP contribution in [0.5, 0.6) is 11.5 Å². The van der Waals surface area contributed by atoms with Gasteiger partial charge in [-0.2, -0.15) is 4.31 Å². The Balaban J connectivity index is 1.98. The van der Waals surface area contributed by atoms with Crippen LogP contribution in [0, 0.1) is 5.41 Å². The van der Waals surface area contributed by atoms with Crippen LogP contribution in [-0.2, 0) is 14.8 Å². The molecular weight excluding hydrogens is 378 g/mol. The summed E-state index contributed by atoms with van der Waals surface area (Å²) in [4.78, 5) is 0.0882. The Morgan fingerprint density at radius 3 is 2.46 bits per heavy atom. The van der Waals surface area contributed by atoms with Crippen molar-refractivity contribution < 1.29 is 22.6 Å². The summed E-state index contributed by atoms with van der Waals surface area (Å²) in [5.41, 5.74) is -0.0934. The van der Waals surface area contributed by atoms with Crippen LogP contribution in [0.2, 0.25) is 5.02 Å². The van der Waals surface area contributed by atoms with Crippen molar-refractivity contribution in [3.63, 3.8) is 0 Å². The minimum Gasteiger partial charge on any atom is -0.495 e. The lowest BCUT2D eigenvalue weighted by Crippen LogP contribution is -2.49. The normalized spacial score (nSPS) is 27.0. The molecule has 146 valence electrons. The van der Waals surface area contributed by atoms with Gasteiger partial charge in [-0.3, -0.25) is 0 Å². The fourth-order valence-corrected chi connectivity index (χ4v) is 6.39. The van der Waals surface area contributed by atoms with Crippen LogP contribution in [0.4, 0.5) is 0 Å². The van der Waals surface area contributed by atoms with Crippen LogP contribution in [0.3, 0.4) is 0 Å². The molecule has 1 spiro atoms. The fourth-order valence-electron chi connectivity index (χ4n) is 4.44. The number of sulfonamides is 1. The molecule has 0 bridgehead atoms. The molecule has 1 aliphatic carbocycles. The van der Waals surface area contributed by atoms with E-state index in [4.69, 9.17) is 25.8 Å². The molecule has 0 amide bonds. The third kappa shape index (κ3) is 3.30. The number of benzene rings is 1. The van der Waals surface area contributed by atoms with Crippen molar-refractivity contribution >= 4 is 21.6 Å². The smallest absolute Gasteiger partial charge is 0.246 e. The summed E-state index contributed by atoms with van der Waals surface area (Å²) >= 11 is 6.12. The zero-order valence-corrected chi connectivity index (χ0v) is 17.0. The lowest BCUT2D eigenvalue weighted by atomic mass is 9.77. The molecule has 0 aromatic heterocycles. The predicted molar refractivity (Wildman–Crippen MR) is 99.6 cm³/mol. The molecule has 2 fully saturated rings. The van der Waals surface area contributed by atoms with Crippen molar-refractivity contribution in [2.45, 2.75) is 43.1 Å². The molecule has 2 atom stereocenters. The van der Waals surface area contributed by atoms with Gasteiger partial charge < -0.3 is 14.2 Å². The molecule has 1 saturated carbocycles. The van der Waals surface area contributed by atoms with Crippen LogP contribution >= 0.6 is 11.6 Å². The number of methoxy groups -OCH3 is 3. The van der Waals surface area contributed by atoms with Gasteiger partial charge in [-0.25, -0.2) is 8.42 Å². The van der Waals surface area contributed by atoms with E-state index in [-0.39, 0.29) is 22.2 Å². The fraction of sp³-hybridized carbons (Fsp3) is 0.667. The van der Waals surface area contributed by atoms with E-state index in [1.54, 1.807) is 11.4 Å². The van der Waals surface area contributed by atoms with Crippen molar-refractivity contribution in [3.8, 4) is 11.5 Å². The summed E-state index contributed by atoms with van der Waals surface area (Å²) in [5.74, 6) is 0.540. The van der Waals surface area contributed by atoms with Crippen molar-refractivity contribution in [1.82, 2.24) is 4.31 Å². The van der Waals surface area contributed by atoms with Gasteiger partial charge in [0.25, 0.3) is 0 Å². The molecule has 3 rings (SSSR count). The Hall–Kier alpha value is -1.02. The molecule has 1 unspecified atom stereocenters. The number of hydrogen-bond acceptors (Lipinski definition) is 5. The van der Waals surface area contributed by atoms with E-state index in [2.05, 4.69) is 0 Å². The Labute approximate surface area is 160 Å². The first-order chi connectivity index (χ1) is 12.4. The average molecular weight is 404 g/mol. The van der Waals surface area contributed by atoms with Gasteiger partial charge in [0.1, 0.15) is 16.4 Å². The molecule has 1 aromatic carbocycles. The molecule has 0 N–H and O–H groups in total. The molecule has 1 saturated heterocycles. The highest BCUT2D eigenvalue weighted by Gasteiger charge is 2.48. The maximum Gasteiger partial charge on any atom is 0.246 e. The van der Waals surface area contributed by atoms with Crippen LogP contribution < -0.4 is 9.47 Å². The summed E-state index contributed by atoms with van der Waals surface area (Å²) in [5, 5.41) is 0.314. The van der Waals surface area contributed by atoms with Crippen molar-refractivity contribution in [2.75, 3.05) is 34.4 Å². The van der Waals surface area contributed by atoms with E-state index >= 15 is 0 Å². The van der Waals surface area contributed by atoms with Crippen molar-refractivity contribution in [2.24, 2.45) is 5.41 Å². The van der Waals surface area contributed by atoms with Gasteiger partial charge in [0.2, 0.25) is 10.0 Å². The van der Waals surface area contributed by atoms with Gasteiger partial charge in [0.15, 0.2) is 0 Å². The van der Waals surface area contributed by atoms with Crippen LogP contribution in [0.15, 0.2) is 17.0 Å². The maximum atomic E-state index is 13.4. The molecule has 2 aliphatic rings. The summed E-state index contributed by atoms with van der Waals surface area (Å²) in [6, 6.07) is 2.93. The van der Waals surface area contributed by atoms with Gasteiger partial charge in [-0.15, -0.1) is 0 Å². The lowest BCUT2D eigenvalue weighted by molar-refractivity contribution is -0.0185. The molecular formula is C18H26ClNO5S. The number of rotatable bonds is 5. The van der Waals surface area contributed by atoms with Crippen molar-refractivity contribution in [3.05, 3.63) is 17.2 Å². The first-order valence-corrected chi connectivity index (χ1v) is 10.6. The zero-order valence-electron chi connectivity index (χ0n) is 15.5. The van der Waals surface area contributed by atoms with E-state index < -0.39 is 10.0 Å². The van der Waals surface area contributed by atoms with Crippen LogP contribution in [-0.4, -0.2) is 53.2 Å². The summed E-state index contributed by atoms with van der Waals surface area (Å²) < 4.78 is 44.5. The first-order valence-electron chi connectivity index (χ1n) is 8.82. The third-order valence-corrected chi connectivity index (χ3v) is 7.90. The topological polar surface area (TPSA) is 65.1 Å². The highest BCUT2D eigenvalue weighted by atomic mass is 35.5. The van der Waals surface area contributed by atoms with Crippen LogP contribution in [0.25, 0.3) is 0 Å². The standard InChI is InChI=1S/C18H26ClNO5S/c1-23-14-11-16(15(24-2)10-13(14)19)26(21,22)20-9-5-8-18(12-20)7-4-6-17(18)25-3/h10-11,17H,4-9,12H2,1-3H3/t17?,18-/m0/s1. The largest absolute Gasteiger partial charge is 0.495 e. The molecule has 1 heterocycles. The zero-order chi connectivity index (χ0) is 18.9. The Morgan fingerprint density at radius 1 is 1.12 bits per heavy atom. The molecule has 1 aromatic rings. The number of hydrogen-bond donors (Lipinski definition) is 0. The number of nitrogens with zero attached hydrogens (tertiary/aromatic N) is 1. The molecule has 6 nitrogen and oxygen atoms in total. The Kier molecular flexibility index (Phi) is 5.72. The minimum atomic E-state index is -3.74. The highest BCUT2D eigenvalue weighted by molar-refractivity contribution is 7.89. The number of ether oxygens (including phenoxy) is 3. The minimum absolute atomic E-state index is 0.0882. The Morgan fingerprint density at radius 2 is 1.81 bits per heavy atom. The SMILES string of the molecule is COc1cc(S(=O)(=O)N2CCC[C@@]3(CCCC3OC)C2)c(OC)cc1Cl. The molecule has 8 heteroatoms. The van der Waals surface area contributed by atoms with E-state index in [1.807, 2.05) is 0 Å². The molecule has 1 aliphatic heterocycles. The maximum absolute atomic E-state index is 13.4. The average Bonchev–Trinajstić information content (AvgIpc) is 3.02. The van der Waals surface area contributed by atoms with Gasteiger partial charge in [-0.1, -0.05) is 18.0 Å². The van der Waals surface area contributed by atoms with Gasteiger partial charge in [0.05, 0.1) is 25.3 Å². The molecule has 0 radical (unpaired) electrons. The predicted octanol–water partition coefficient (Wildman–Crippen LogP) is 3.33. The van der Waals surface area contributed by atoms with E-state index in [0.717, 1.165) is 32.1 Å². The quantitative estimate of drug-likeness (QED) is 0.754. The first kappa shape index (κ1) is 19.7. The lowest BCUT2D eigenvalue weighted by Gasteiger charge is -2.43. The van der Waals surface area contributed by atoms with Crippen LogP contribution in [0.1, 0.15) is 32.1 Å². The van der Waals surface area contributed by atoms with E-state index in [9.17, 15) is 8.42 Å². The summed E-state index contributed by atoms with van der Waals surface area (Å²) in [6.45, 7) is 0.969. The second-order valence-corrected chi connectivity index (χ2v) is 9.37. The number of halogens is 1. The van der Waals surface area contributed by atoms with Crippen molar-refractivity contribution in [1.29, 1.82) is 0 Å². The van der Waals surface area contributed by atoms with Gasteiger partial charge in [0, 0.05) is 37.7 Å². The summed E-state index contributed by atoms with van der Waals surface area (Å²) in [7, 11) is 0.883. The Bertz CT molecular complexity index is 769.